The van der Waals surface area contributed by atoms with Crippen molar-refractivity contribution in [2.75, 3.05) is 18.5 Å². The highest BCUT2D eigenvalue weighted by Crippen LogP contribution is 2.30. The quantitative estimate of drug-likeness (QED) is 0.925. The Morgan fingerprint density at radius 3 is 2.40 bits per heavy atom. The summed E-state index contributed by atoms with van der Waals surface area (Å²) >= 11 is 6.14. The molecule has 20 heavy (non-hydrogen) atoms. The van der Waals surface area contributed by atoms with Crippen LogP contribution < -0.4 is 10.6 Å². The van der Waals surface area contributed by atoms with Crippen molar-refractivity contribution in [3.05, 3.63) is 64.4 Å². The number of rotatable bonds is 4. The molecule has 2 nitrogen and oxygen atoms in total. The van der Waals surface area contributed by atoms with E-state index in [9.17, 15) is 4.39 Å². The van der Waals surface area contributed by atoms with Crippen molar-refractivity contribution in [1.29, 1.82) is 0 Å². The largest absolute Gasteiger partial charge is 0.366 e. The molecule has 0 aromatic heterocycles. The molecule has 4 heteroatoms. The first-order valence-electron chi connectivity index (χ1n) is 6.47. The van der Waals surface area contributed by atoms with Gasteiger partial charge in [0.1, 0.15) is 5.82 Å². The number of benzene rings is 2. The lowest BCUT2D eigenvalue weighted by atomic mass is 10.0. The number of nitrogens with zero attached hydrogens (tertiary/aromatic N) is 1. The smallest absolute Gasteiger partial charge is 0.124 e. The van der Waals surface area contributed by atoms with Crippen LogP contribution in [0.25, 0.3) is 0 Å². The minimum absolute atomic E-state index is 0.0918. The van der Waals surface area contributed by atoms with Crippen molar-refractivity contribution in [3.8, 4) is 0 Å². The summed E-state index contributed by atoms with van der Waals surface area (Å²) in [5.41, 5.74) is 8.97. The van der Waals surface area contributed by atoms with Crippen LogP contribution in [-0.2, 0) is 0 Å². The van der Waals surface area contributed by atoms with E-state index >= 15 is 0 Å². The van der Waals surface area contributed by atoms with E-state index in [0.717, 1.165) is 11.3 Å². The molecule has 0 heterocycles. The van der Waals surface area contributed by atoms with Crippen LogP contribution in [0.3, 0.4) is 0 Å². The molecule has 0 aliphatic rings. The van der Waals surface area contributed by atoms with Gasteiger partial charge in [0.2, 0.25) is 0 Å². The number of hydrogen-bond donors (Lipinski definition) is 1. The fraction of sp³-hybridized carbons (Fsp3) is 0.250. The molecule has 0 saturated heterocycles. The van der Waals surface area contributed by atoms with Crippen LogP contribution in [0.5, 0.6) is 0 Å². The summed E-state index contributed by atoms with van der Waals surface area (Å²) < 4.78 is 13.2. The van der Waals surface area contributed by atoms with Crippen LogP contribution >= 0.6 is 11.6 Å². The first-order chi connectivity index (χ1) is 9.52. The Kier molecular flexibility index (Phi) is 4.63. The van der Waals surface area contributed by atoms with Crippen molar-refractivity contribution in [2.24, 2.45) is 5.73 Å². The lowest BCUT2D eigenvalue weighted by molar-refractivity contribution is 0.622. The number of hydrogen-bond acceptors (Lipinski definition) is 2. The third kappa shape index (κ3) is 3.11. The second-order valence-electron chi connectivity index (χ2n) is 4.86. The van der Waals surface area contributed by atoms with Crippen molar-refractivity contribution >= 4 is 17.3 Å². The number of anilines is 1. The molecule has 0 spiro atoms. The van der Waals surface area contributed by atoms with Gasteiger partial charge in [-0.05, 0) is 36.8 Å². The average molecular weight is 293 g/mol. The van der Waals surface area contributed by atoms with Crippen LogP contribution in [0.2, 0.25) is 5.02 Å². The van der Waals surface area contributed by atoms with E-state index in [0.29, 0.717) is 11.6 Å². The number of likely N-dealkylation sites (N-methyl/N-ethyl adjacent to an activating group) is 1. The van der Waals surface area contributed by atoms with Crippen LogP contribution in [0.1, 0.15) is 17.2 Å². The maximum atomic E-state index is 13.2. The van der Waals surface area contributed by atoms with Crippen LogP contribution in [0.15, 0.2) is 42.5 Å². The van der Waals surface area contributed by atoms with Gasteiger partial charge >= 0.3 is 0 Å². The molecular weight excluding hydrogens is 275 g/mol. The van der Waals surface area contributed by atoms with E-state index in [-0.39, 0.29) is 11.9 Å². The predicted octanol–water partition coefficient (Wildman–Crippen LogP) is 3.92. The molecule has 0 radical (unpaired) electrons. The summed E-state index contributed by atoms with van der Waals surface area (Å²) in [5.74, 6) is -0.340. The Hall–Kier alpha value is -1.58. The van der Waals surface area contributed by atoms with Gasteiger partial charge in [-0.2, -0.15) is 0 Å². The molecule has 0 amide bonds. The molecule has 0 bridgehead atoms. The van der Waals surface area contributed by atoms with E-state index in [2.05, 4.69) is 4.90 Å². The topological polar surface area (TPSA) is 29.3 Å². The first-order valence-corrected chi connectivity index (χ1v) is 6.85. The normalized spacial score (nSPS) is 12.2. The molecule has 0 saturated carbocycles. The Morgan fingerprint density at radius 1 is 1.20 bits per heavy atom. The molecule has 0 aliphatic heterocycles. The predicted molar refractivity (Wildman–Crippen MR) is 82.8 cm³/mol. The number of nitrogens with two attached hydrogens (primary N) is 1. The first kappa shape index (κ1) is 14.8. The minimum Gasteiger partial charge on any atom is -0.366 e. The van der Waals surface area contributed by atoms with Gasteiger partial charge in [0, 0.05) is 24.3 Å². The summed E-state index contributed by atoms with van der Waals surface area (Å²) in [4.78, 5) is 2.05. The monoisotopic (exact) mass is 292 g/mol. The fourth-order valence-electron chi connectivity index (χ4n) is 2.23. The second kappa shape index (κ2) is 6.25. The highest BCUT2D eigenvalue weighted by Gasteiger charge is 2.19. The summed E-state index contributed by atoms with van der Waals surface area (Å²) in [6, 6.07) is 12.5. The molecule has 2 N–H and O–H groups in total. The Balaban J connectivity index is 2.33. The molecule has 0 aliphatic carbocycles. The summed E-state index contributed by atoms with van der Waals surface area (Å²) in [6.45, 7) is 2.44. The summed E-state index contributed by atoms with van der Waals surface area (Å²) in [7, 11) is 1.96. The Bertz CT molecular complexity index is 584. The van der Waals surface area contributed by atoms with Gasteiger partial charge in [0.05, 0.1) is 6.04 Å². The lowest BCUT2D eigenvalue weighted by Crippen LogP contribution is -2.30. The number of halogens is 2. The zero-order chi connectivity index (χ0) is 14.7. The second-order valence-corrected chi connectivity index (χ2v) is 5.27. The molecule has 2 aromatic rings. The van der Waals surface area contributed by atoms with E-state index in [4.69, 9.17) is 17.3 Å². The van der Waals surface area contributed by atoms with E-state index in [1.165, 1.54) is 17.7 Å². The zero-order valence-electron chi connectivity index (χ0n) is 11.6. The maximum absolute atomic E-state index is 13.2. The van der Waals surface area contributed by atoms with Gasteiger partial charge in [-0.3, -0.25) is 0 Å². The highest BCUT2D eigenvalue weighted by atomic mass is 35.5. The molecular formula is C16H18ClFN2. The van der Waals surface area contributed by atoms with Gasteiger partial charge in [-0.15, -0.1) is 0 Å². The molecule has 2 aromatic carbocycles. The van der Waals surface area contributed by atoms with Crippen LogP contribution in [0, 0.1) is 12.7 Å². The minimum atomic E-state index is -0.340. The lowest BCUT2D eigenvalue weighted by Gasteiger charge is -2.30. The highest BCUT2D eigenvalue weighted by molar-refractivity contribution is 6.31. The van der Waals surface area contributed by atoms with Crippen molar-refractivity contribution in [2.45, 2.75) is 13.0 Å². The molecule has 106 valence electrons. The number of aryl methyl sites for hydroxylation is 1. The zero-order valence-corrected chi connectivity index (χ0v) is 12.4. The molecule has 0 fully saturated rings. The van der Waals surface area contributed by atoms with E-state index < -0.39 is 0 Å². The van der Waals surface area contributed by atoms with E-state index in [1.54, 1.807) is 6.07 Å². The average Bonchev–Trinajstić information content (AvgIpc) is 2.42. The van der Waals surface area contributed by atoms with Gasteiger partial charge in [0.25, 0.3) is 0 Å². The van der Waals surface area contributed by atoms with Gasteiger partial charge in [0.15, 0.2) is 0 Å². The third-order valence-electron chi connectivity index (χ3n) is 3.45. The van der Waals surface area contributed by atoms with Gasteiger partial charge in [-0.1, -0.05) is 35.4 Å². The summed E-state index contributed by atoms with van der Waals surface area (Å²) in [5, 5.41) is 0.402. The third-order valence-corrected chi connectivity index (χ3v) is 3.78. The molecule has 1 atom stereocenters. The van der Waals surface area contributed by atoms with Crippen molar-refractivity contribution < 1.29 is 4.39 Å². The molecule has 2 rings (SSSR count). The Morgan fingerprint density at radius 2 is 1.85 bits per heavy atom. The van der Waals surface area contributed by atoms with Crippen molar-refractivity contribution in [1.82, 2.24) is 0 Å². The van der Waals surface area contributed by atoms with Crippen LogP contribution in [0.4, 0.5) is 10.1 Å². The fourth-order valence-corrected chi connectivity index (χ4v) is 2.52. The van der Waals surface area contributed by atoms with Gasteiger partial charge < -0.3 is 10.6 Å². The van der Waals surface area contributed by atoms with Crippen LogP contribution in [-0.4, -0.2) is 13.6 Å². The standard InChI is InChI=1S/C16H18ClFN2/c1-11-3-6-13(7-4-11)20(2)16(10-19)14-8-5-12(18)9-15(14)17/h3-9,16H,10,19H2,1-2H3. The summed E-state index contributed by atoms with van der Waals surface area (Å²) in [6.07, 6.45) is 0. The van der Waals surface area contributed by atoms with E-state index in [1.807, 2.05) is 38.2 Å². The maximum Gasteiger partial charge on any atom is 0.124 e. The van der Waals surface area contributed by atoms with Gasteiger partial charge in [-0.25, -0.2) is 4.39 Å². The van der Waals surface area contributed by atoms with Crippen molar-refractivity contribution in [3.63, 3.8) is 0 Å². The molecule has 1 unspecified atom stereocenters. The SMILES string of the molecule is Cc1ccc(N(C)C(CN)c2ccc(F)cc2Cl)cc1. The Labute approximate surface area is 124 Å².